The Bertz CT molecular complexity index is 436. The molecule has 0 saturated heterocycles. The highest BCUT2D eigenvalue weighted by Gasteiger charge is 2.24. The molecule has 104 valence electrons. The molecular weight excluding hydrogens is 243 g/mol. The number of nitrogens with two attached hydrogens (primary N) is 1. The first-order valence-corrected chi connectivity index (χ1v) is 6.93. The zero-order chi connectivity index (χ0) is 13.7. The second-order valence-corrected chi connectivity index (χ2v) is 5.29. The summed E-state index contributed by atoms with van der Waals surface area (Å²) >= 11 is 0. The van der Waals surface area contributed by atoms with E-state index in [1.165, 1.54) is 12.1 Å². The maximum absolute atomic E-state index is 13.0. The fraction of sp³-hybridized carbons (Fsp3) is 0.533. The minimum atomic E-state index is -0.234. The molecule has 1 aliphatic rings. The van der Waals surface area contributed by atoms with Gasteiger partial charge in [0.25, 0.3) is 0 Å². The van der Waals surface area contributed by atoms with Gasteiger partial charge in [0.15, 0.2) is 0 Å². The van der Waals surface area contributed by atoms with Crippen LogP contribution in [0.25, 0.3) is 0 Å². The number of carbonyl (C=O) groups excluding carboxylic acids is 1. The molecule has 1 amide bonds. The van der Waals surface area contributed by atoms with E-state index >= 15 is 0 Å². The highest BCUT2D eigenvalue weighted by Crippen LogP contribution is 2.23. The molecule has 0 bridgehead atoms. The molecule has 0 heterocycles. The summed E-state index contributed by atoms with van der Waals surface area (Å²) in [6.45, 7) is 0.550. The Morgan fingerprint density at radius 3 is 3.00 bits per heavy atom. The summed E-state index contributed by atoms with van der Waals surface area (Å²) in [5.41, 5.74) is 6.78. The lowest BCUT2D eigenvalue weighted by atomic mass is 9.85. The summed E-state index contributed by atoms with van der Waals surface area (Å²) < 4.78 is 13.0. The number of amides is 1. The largest absolute Gasteiger partial charge is 0.356 e. The van der Waals surface area contributed by atoms with E-state index in [1.54, 1.807) is 6.07 Å². The molecule has 1 saturated carbocycles. The third-order valence-corrected chi connectivity index (χ3v) is 3.69. The smallest absolute Gasteiger partial charge is 0.223 e. The van der Waals surface area contributed by atoms with Crippen molar-refractivity contribution in [1.82, 2.24) is 5.32 Å². The average Bonchev–Trinajstić information content (AvgIpc) is 2.38. The number of hydrogen-bond donors (Lipinski definition) is 2. The molecule has 1 fully saturated rings. The first-order chi connectivity index (χ1) is 9.15. The van der Waals surface area contributed by atoms with Gasteiger partial charge in [-0.25, -0.2) is 4.39 Å². The first-order valence-electron chi connectivity index (χ1n) is 6.93. The van der Waals surface area contributed by atoms with Crippen LogP contribution in [-0.4, -0.2) is 18.5 Å². The Balaban J connectivity index is 1.74. The van der Waals surface area contributed by atoms with Crippen molar-refractivity contribution >= 4 is 5.91 Å². The molecule has 1 aliphatic carbocycles. The summed E-state index contributed by atoms with van der Waals surface area (Å²) in [4.78, 5) is 12.0. The van der Waals surface area contributed by atoms with E-state index in [2.05, 4.69) is 5.32 Å². The summed E-state index contributed by atoms with van der Waals surface area (Å²) in [7, 11) is 0. The summed E-state index contributed by atoms with van der Waals surface area (Å²) in [5, 5.41) is 2.92. The first kappa shape index (κ1) is 14.0. The third kappa shape index (κ3) is 4.31. The predicted molar refractivity (Wildman–Crippen MR) is 73.0 cm³/mol. The van der Waals surface area contributed by atoms with Crippen molar-refractivity contribution < 1.29 is 9.18 Å². The summed E-state index contributed by atoms with van der Waals surface area (Å²) in [6, 6.07) is 6.64. The van der Waals surface area contributed by atoms with Crippen LogP contribution >= 0.6 is 0 Å². The van der Waals surface area contributed by atoms with Crippen LogP contribution in [0.3, 0.4) is 0 Å². The molecule has 2 unspecified atom stereocenters. The molecule has 0 aliphatic heterocycles. The van der Waals surface area contributed by atoms with E-state index in [4.69, 9.17) is 5.73 Å². The van der Waals surface area contributed by atoms with Crippen LogP contribution in [0.15, 0.2) is 24.3 Å². The van der Waals surface area contributed by atoms with Crippen LogP contribution in [0, 0.1) is 11.7 Å². The Morgan fingerprint density at radius 1 is 1.42 bits per heavy atom. The Kier molecular flexibility index (Phi) is 4.91. The monoisotopic (exact) mass is 264 g/mol. The minimum Gasteiger partial charge on any atom is -0.356 e. The van der Waals surface area contributed by atoms with Crippen LogP contribution < -0.4 is 11.1 Å². The van der Waals surface area contributed by atoms with Crippen molar-refractivity contribution in [3.8, 4) is 0 Å². The standard InChI is InChI=1S/C15H21FN2O/c16-13-5-1-3-11(9-13)7-8-18-15(19)12-4-2-6-14(17)10-12/h1,3,5,9,12,14H,2,4,6-8,10,17H2,(H,18,19). The van der Waals surface area contributed by atoms with Crippen LogP contribution in [0.1, 0.15) is 31.2 Å². The lowest BCUT2D eigenvalue weighted by molar-refractivity contribution is -0.126. The van der Waals surface area contributed by atoms with Crippen molar-refractivity contribution in [2.45, 2.75) is 38.1 Å². The highest BCUT2D eigenvalue weighted by atomic mass is 19.1. The van der Waals surface area contributed by atoms with Gasteiger partial charge in [-0.1, -0.05) is 18.6 Å². The van der Waals surface area contributed by atoms with Gasteiger partial charge in [-0.15, -0.1) is 0 Å². The molecule has 2 atom stereocenters. The van der Waals surface area contributed by atoms with Gasteiger partial charge in [0, 0.05) is 18.5 Å². The molecule has 1 aromatic carbocycles. The molecule has 0 spiro atoms. The Morgan fingerprint density at radius 2 is 2.26 bits per heavy atom. The van der Waals surface area contributed by atoms with Crippen LogP contribution in [0.5, 0.6) is 0 Å². The molecule has 0 aromatic heterocycles. The van der Waals surface area contributed by atoms with E-state index in [0.29, 0.717) is 13.0 Å². The van der Waals surface area contributed by atoms with Crippen molar-refractivity contribution in [3.63, 3.8) is 0 Å². The summed E-state index contributed by atoms with van der Waals surface area (Å²) in [6.07, 6.45) is 4.42. The molecule has 2 rings (SSSR count). The number of benzene rings is 1. The van der Waals surface area contributed by atoms with Crippen molar-refractivity contribution in [2.24, 2.45) is 11.7 Å². The maximum Gasteiger partial charge on any atom is 0.223 e. The fourth-order valence-electron chi connectivity index (χ4n) is 2.63. The number of rotatable bonds is 4. The molecule has 1 aromatic rings. The number of halogens is 1. The molecule has 3 N–H and O–H groups in total. The van der Waals surface area contributed by atoms with Gasteiger partial charge in [0.2, 0.25) is 5.91 Å². The SMILES string of the molecule is NC1CCCC(C(=O)NCCc2cccc(F)c2)C1. The highest BCUT2D eigenvalue weighted by molar-refractivity contribution is 5.78. The van der Waals surface area contributed by atoms with Crippen LogP contribution in [0.2, 0.25) is 0 Å². The number of hydrogen-bond acceptors (Lipinski definition) is 2. The number of carbonyl (C=O) groups is 1. The van der Waals surface area contributed by atoms with Gasteiger partial charge in [-0.3, -0.25) is 4.79 Å². The second kappa shape index (κ2) is 6.66. The third-order valence-electron chi connectivity index (χ3n) is 3.69. The van der Waals surface area contributed by atoms with E-state index in [0.717, 1.165) is 31.2 Å². The lowest BCUT2D eigenvalue weighted by Crippen LogP contribution is -2.38. The van der Waals surface area contributed by atoms with Gasteiger partial charge < -0.3 is 11.1 Å². The van der Waals surface area contributed by atoms with Crippen molar-refractivity contribution in [3.05, 3.63) is 35.6 Å². The molecule has 4 heteroatoms. The van der Waals surface area contributed by atoms with Gasteiger partial charge in [-0.05, 0) is 43.4 Å². The topological polar surface area (TPSA) is 55.1 Å². The Labute approximate surface area is 113 Å². The van der Waals surface area contributed by atoms with Gasteiger partial charge in [-0.2, -0.15) is 0 Å². The maximum atomic E-state index is 13.0. The predicted octanol–water partition coefficient (Wildman–Crippen LogP) is 2.00. The van der Waals surface area contributed by atoms with E-state index in [9.17, 15) is 9.18 Å². The molecule has 0 radical (unpaired) electrons. The Hall–Kier alpha value is -1.42. The molecular formula is C15H21FN2O. The molecule has 19 heavy (non-hydrogen) atoms. The zero-order valence-electron chi connectivity index (χ0n) is 11.1. The fourth-order valence-corrected chi connectivity index (χ4v) is 2.63. The van der Waals surface area contributed by atoms with E-state index < -0.39 is 0 Å². The van der Waals surface area contributed by atoms with Crippen molar-refractivity contribution in [1.29, 1.82) is 0 Å². The van der Waals surface area contributed by atoms with E-state index in [1.807, 2.05) is 6.07 Å². The normalized spacial score (nSPS) is 23.1. The van der Waals surface area contributed by atoms with Gasteiger partial charge in [0.05, 0.1) is 0 Å². The lowest BCUT2D eigenvalue weighted by Gasteiger charge is -2.25. The van der Waals surface area contributed by atoms with Gasteiger partial charge in [0.1, 0.15) is 5.82 Å². The van der Waals surface area contributed by atoms with Crippen molar-refractivity contribution in [2.75, 3.05) is 6.54 Å². The average molecular weight is 264 g/mol. The second-order valence-electron chi connectivity index (χ2n) is 5.29. The van der Waals surface area contributed by atoms with Crippen LogP contribution in [-0.2, 0) is 11.2 Å². The van der Waals surface area contributed by atoms with Crippen LogP contribution in [0.4, 0.5) is 4.39 Å². The number of nitrogens with one attached hydrogen (secondary N) is 1. The van der Waals surface area contributed by atoms with Gasteiger partial charge >= 0.3 is 0 Å². The minimum absolute atomic E-state index is 0.0521. The van der Waals surface area contributed by atoms with E-state index in [-0.39, 0.29) is 23.7 Å². The zero-order valence-corrected chi connectivity index (χ0v) is 11.1. The quantitative estimate of drug-likeness (QED) is 0.874. The summed E-state index contributed by atoms with van der Waals surface area (Å²) in [5.74, 6) is -0.0927. The molecule has 3 nitrogen and oxygen atoms in total.